The molecule has 0 atom stereocenters. The van der Waals surface area contributed by atoms with Crippen LogP contribution in [0.1, 0.15) is 19.1 Å². The third-order valence-corrected chi connectivity index (χ3v) is 3.35. The Kier molecular flexibility index (Phi) is 3.95. The van der Waals surface area contributed by atoms with Gasteiger partial charge in [-0.15, -0.1) is 0 Å². The maximum atomic E-state index is 10.7. The fourth-order valence-corrected chi connectivity index (χ4v) is 1.53. The Labute approximate surface area is 98.1 Å². The van der Waals surface area contributed by atoms with Crippen LogP contribution in [0.15, 0.2) is 25.2 Å². The summed E-state index contributed by atoms with van der Waals surface area (Å²) in [5.74, 6) is -0.404. The summed E-state index contributed by atoms with van der Waals surface area (Å²) in [5, 5.41) is 8.78. The van der Waals surface area contributed by atoms with Crippen molar-refractivity contribution in [2.75, 3.05) is 0 Å². The van der Waals surface area contributed by atoms with Gasteiger partial charge in [0.05, 0.1) is 4.47 Å². The van der Waals surface area contributed by atoms with E-state index in [4.69, 9.17) is 9.52 Å². The fourth-order valence-electron chi connectivity index (χ4n) is 0.921. The molecule has 0 amide bonds. The third kappa shape index (κ3) is 2.72. The molecule has 0 spiro atoms. The normalized spacial score (nSPS) is 11.8. The molecule has 0 radical (unpaired) electrons. The van der Waals surface area contributed by atoms with Crippen LogP contribution >= 0.6 is 31.9 Å². The number of hydrogen-bond donors (Lipinski definition) is 1. The van der Waals surface area contributed by atoms with Crippen molar-refractivity contribution in [2.24, 2.45) is 0 Å². The molecular weight excluding hydrogens is 316 g/mol. The zero-order valence-corrected chi connectivity index (χ0v) is 10.6. The minimum atomic E-state index is -0.920. The zero-order chi connectivity index (χ0) is 10.7. The van der Waals surface area contributed by atoms with Crippen LogP contribution in [0.2, 0.25) is 0 Å². The number of hydrogen-bond acceptors (Lipinski definition) is 2. The molecule has 1 aromatic rings. The monoisotopic (exact) mass is 322 g/mol. The van der Waals surface area contributed by atoms with Crippen LogP contribution in [0.25, 0.3) is 6.08 Å². The first-order valence-corrected chi connectivity index (χ1v) is 5.52. The molecule has 0 saturated heterocycles. The summed E-state index contributed by atoms with van der Waals surface area (Å²) in [4.78, 5) is 10.7. The number of carbonyl (C=O) groups is 1. The van der Waals surface area contributed by atoms with Crippen molar-refractivity contribution in [3.8, 4) is 0 Å². The molecule has 0 bridgehead atoms. The molecule has 0 aliphatic rings. The molecular formula is C9H8Br2O3. The SMILES string of the molecule is CC/C(=C\c1cc(Br)c(Br)o1)C(=O)O. The van der Waals surface area contributed by atoms with Gasteiger partial charge in [0.1, 0.15) is 5.76 Å². The van der Waals surface area contributed by atoms with Gasteiger partial charge in [-0.1, -0.05) is 6.92 Å². The number of carboxylic acids is 1. The van der Waals surface area contributed by atoms with Gasteiger partial charge in [-0.25, -0.2) is 4.79 Å². The van der Waals surface area contributed by atoms with Crippen molar-refractivity contribution in [3.63, 3.8) is 0 Å². The smallest absolute Gasteiger partial charge is 0.331 e. The van der Waals surface area contributed by atoms with Gasteiger partial charge in [-0.3, -0.25) is 0 Å². The number of rotatable bonds is 3. The predicted octanol–water partition coefficient (Wildman–Crippen LogP) is 3.68. The maximum Gasteiger partial charge on any atom is 0.331 e. The summed E-state index contributed by atoms with van der Waals surface area (Å²) in [6.07, 6.45) is 1.98. The van der Waals surface area contributed by atoms with E-state index < -0.39 is 5.97 Å². The molecule has 0 unspecified atom stereocenters. The maximum absolute atomic E-state index is 10.7. The lowest BCUT2D eigenvalue weighted by Crippen LogP contribution is -1.98. The van der Waals surface area contributed by atoms with E-state index in [1.54, 1.807) is 13.0 Å². The summed E-state index contributed by atoms with van der Waals surface area (Å²) in [7, 11) is 0. The highest BCUT2D eigenvalue weighted by atomic mass is 79.9. The first kappa shape index (κ1) is 11.5. The first-order valence-electron chi connectivity index (χ1n) is 3.93. The Hall–Kier alpha value is -0.550. The van der Waals surface area contributed by atoms with Gasteiger partial charge >= 0.3 is 5.97 Å². The highest BCUT2D eigenvalue weighted by molar-refractivity contribution is 9.13. The van der Waals surface area contributed by atoms with Crippen molar-refractivity contribution in [2.45, 2.75) is 13.3 Å². The van der Waals surface area contributed by atoms with Crippen LogP contribution in [0, 0.1) is 0 Å². The molecule has 0 aromatic carbocycles. The molecule has 1 N–H and O–H groups in total. The van der Waals surface area contributed by atoms with Crippen LogP contribution in [0.5, 0.6) is 0 Å². The number of aliphatic carboxylic acids is 1. The number of furan rings is 1. The minimum Gasteiger partial charge on any atom is -0.478 e. The highest BCUT2D eigenvalue weighted by Gasteiger charge is 2.08. The molecule has 76 valence electrons. The highest BCUT2D eigenvalue weighted by Crippen LogP contribution is 2.28. The van der Waals surface area contributed by atoms with E-state index in [0.717, 1.165) is 4.47 Å². The van der Waals surface area contributed by atoms with Gasteiger partial charge in [0.25, 0.3) is 0 Å². The molecule has 1 rings (SSSR count). The third-order valence-electron chi connectivity index (χ3n) is 1.64. The molecule has 0 fully saturated rings. The summed E-state index contributed by atoms with van der Waals surface area (Å²) in [6, 6.07) is 1.71. The predicted molar refractivity (Wildman–Crippen MR) is 60.0 cm³/mol. The Bertz CT molecular complexity index is 360. The molecule has 5 heteroatoms. The molecule has 0 saturated carbocycles. The Balaban J connectivity index is 3.00. The van der Waals surface area contributed by atoms with E-state index in [0.29, 0.717) is 22.4 Å². The second kappa shape index (κ2) is 4.79. The molecule has 3 nitrogen and oxygen atoms in total. The van der Waals surface area contributed by atoms with E-state index in [2.05, 4.69) is 31.9 Å². The van der Waals surface area contributed by atoms with Crippen LogP contribution in [-0.2, 0) is 4.79 Å². The van der Waals surface area contributed by atoms with Gasteiger partial charge < -0.3 is 9.52 Å². The van der Waals surface area contributed by atoms with Crippen molar-refractivity contribution in [1.82, 2.24) is 0 Å². The van der Waals surface area contributed by atoms with Crippen LogP contribution < -0.4 is 0 Å². The zero-order valence-electron chi connectivity index (χ0n) is 7.38. The lowest BCUT2D eigenvalue weighted by molar-refractivity contribution is -0.132. The van der Waals surface area contributed by atoms with Crippen LogP contribution in [-0.4, -0.2) is 11.1 Å². The molecule has 0 aliphatic heterocycles. The van der Waals surface area contributed by atoms with Gasteiger partial charge in [-0.2, -0.15) is 0 Å². The fraction of sp³-hybridized carbons (Fsp3) is 0.222. The van der Waals surface area contributed by atoms with Gasteiger partial charge in [-0.05, 0) is 50.4 Å². The number of halogens is 2. The topological polar surface area (TPSA) is 50.4 Å². The average molecular weight is 324 g/mol. The van der Waals surface area contributed by atoms with Crippen LogP contribution in [0.4, 0.5) is 0 Å². The largest absolute Gasteiger partial charge is 0.478 e. The lowest BCUT2D eigenvalue weighted by Gasteiger charge is -1.94. The van der Waals surface area contributed by atoms with E-state index in [1.165, 1.54) is 6.08 Å². The Morgan fingerprint density at radius 3 is 2.64 bits per heavy atom. The number of carboxylic acid groups (broad SMARTS) is 1. The summed E-state index contributed by atoms with van der Waals surface area (Å²) >= 11 is 6.42. The second-order valence-electron chi connectivity index (χ2n) is 2.60. The first-order chi connectivity index (χ1) is 6.54. The minimum absolute atomic E-state index is 0.318. The van der Waals surface area contributed by atoms with Crippen molar-refractivity contribution in [3.05, 3.63) is 26.5 Å². The molecule has 1 heterocycles. The van der Waals surface area contributed by atoms with E-state index in [9.17, 15) is 4.79 Å². The standard InChI is InChI=1S/C9H8Br2O3/c1-2-5(9(12)13)3-6-4-7(10)8(11)14-6/h3-4H,2H2,1H3,(H,12,13)/b5-3+. The van der Waals surface area contributed by atoms with Crippen LogP contribution in [0.3, 0.4) is 0 Å². The summed E-state index contributed by atoms with van der Waals surface area (Å²) in [6.45, 7) is 1.78. The molecule has 1 aromatic heterocycles. The van der Waals surface area contributed by atoms with E-state index in [-0.39, 0.29) is 0 Å². The van der Waals surface area contributed by atoms with Gasteiger partial charge in [0, 0.05) is 5.57 Å². The Morgan fingerprint density at radius 1 is 1.64 bits per heavy atom. The average Bonchev–Trinajstić information content (AvgIpc) is 2.41. The van der Waals surface area contributed by atoms with E-state index >= 15 is 0 Å². The van der Waals surface area contributed by atoms with E-state index in [1.807, 2.05) is 0 Å². The second-order valence-corrected chi connectivity index (χ2v) is 4.17. The molecule has 14 heavy (non-hydrogen) atoms. The quantitative estimate of drug-likeness (QED) is 0.863. The lowest BCUT2D eigenvalue weighted by atomic mass is 10.2. The van der Waals surface area contributed by atoms with Crippen molar-refractivity contribution in [1.29, 1.82) is 0 Å². The van der Waals surface area contributed by atoms with Gasteiger partial charge in [0.15, 0.2) is 4.67 Å². The summed E-state index contributed by atoms with van der Waals surface area (Å²) < 4.78 is 6.55. The molecule has 0 aliphatic carbocycles. The Morgan fingerprint density at radius 2 is 2.29 bits per heavy atom. The van der Waals surface area contributed by atoms with Gasteiger partial charge in [0.2, 0.25) is 0 Å². The van der Waals surface area contributed by atoms with Crippen molar-refractivity contribution >= 4 is 43.9 Å². The summed E-state index contributed by atoms with van der Waals surface area (Å²) in [5.41, 5.74) is 0.318. The van der Waals surface area contributed by atoms with Crippen molar-refractivity contribution < 1.29 is 14.3 Å².